The van der Waals surface area contributed by atoms with E-state index in [2.05, 4.69) is 0 Å². The van der Waals surface area contributed by atoms with Crippen LogP contribution in [-0.4, -0.2) is 16.7 Å². The van der Waals surface area contributed by atoms with Gasteiger partial charge >= 0.3 is 0 Å². The van der Waals surface area contributed by atoms with Crippen molar-refractivity contribution >= 4 is 0 Å². The zero-order chi connectivity index (χ0) is 7.07. The summed E-state index contributed by atoms with van der Waals surface area (Å²) in [5, 5.41) is 9.44. The Morgan fingerprint density at radius 3 is 2.00 bits per heavy atom. The summed E-state index contributed by atoms with van der Waals surface area (Å²) < 4.78 is 0. The van der Waals surface area contributed by atoms with Crippen molar-refractivity contribution in [2.24, 2.45) is 11.7 Å². The van der Waals surface area contributed by atoms with Crippen molar-refractivity contribution in [3.8, 4) is 0 Å². The second-order valence-electron chi connectivity index (χ2n) is 3.37. The monoisotopic (exact) mass is 129 g/mol. The van der Waals surface area contributed by atoms with Gasteiger partial charge in [0.25, 0.3) is 0 Å². The highest BCUT2D eigenvalue weighted by Gasteiger charge is 2.46. The average Bonchev–Trinajstić information content (AvgIpc) is 2.47. The Morgan fingerprint density at radius 1 is 1.44 bits per heavy atom. The Morgan fingerprint density at radius 2 is 1.89 bits per heavy atom. The van der Waals surface area contributed by atoms with E-state index in [1.165, 1.54) is 0 Å². The first-order valence-electron chi connectivity index (χ1n) is 3.54. The molecule has 54 valence electrons. The van der Waals surface area contributed by atoms with Crippen LogP contribution < -0.4 is 5.73 Å². The standard InChI is InChI=1S/C7H15NO/c1-5(2)6(8)7(9)3-4-7/h5-6,9H,3-4,8H2,1-2H3/t6-/m0/s1. The normalized spacial score (nSPS) is 26.3. The summed E-state index contributed by atoms with van der Waals surface area (Å²) in [6.07, 6.45) is 1.79. The highest BCUT2D eigenvalue weighted by molar-refractivity contribution is 5.02. The highest BCUT2D eigenvalue weighted by atomic mass is 16.3. The summed E-state index contributed by atoms with van der Waals surface area (Å²) in [5.74, 6) is 0.400. The van der Waals surface area contributed by atoms with Crippen molar-refractivity contribution in [3.05, 3.63) is 0 Å². The Kier molecular flexibility index (Phi) is 1.53. The van der Waals surface area contributed by atoms with E-state index < -0.39 is 5.60 Å². The minimum atomic E-state index is -0.492. The van der Waals surface area contributed by atoms with Crippen molar-refractivity contribution < 1.29 is 5.11 Å². The molecule has 0 aliphatic heterocycles. The van der Waals surface area contributed by atoms with Crippen molar-refractivity contribution in [1.82, 2.24) is 0 Å². The molecular weight excluding hydrogens is 114 g/mol. The Balaban J connectivity index is 2.42. The molecule has 1 aliphatic carbocycles. The molecule has 1 rings (SSSR count). The van der Waals surface area contributed by atoms with E-state index in [0.29, 0.717) is 5.92 Å². The SMILES string of the molecule is CC(C)[C@H](N)C1(O)CC1. The molecule has 0 aromatic carbocycles. The summed E-state index contributed by atoms with van der Waals surface area (Å²) in [5.41, 5.74) is 5.21. The number of hydrogen-bond acceptors (Lipinski definition) is 2. The summed E-state index contributed by atoms with van der Waals surface area (Å²) in [6, 6.07) is -0.0162. The molecule has 1 fully saturated rings. The molecule has 0 bridgehead atoms. The molecule has 0 heterocycles. The van der Waals surface area contributed by atoms with Crippen molar-refractivity contribution in [3.63, 3.8) is 0 Å². The fourth-order valence-corrected chi connectivity index (χ4v) is 1.08. The van der Waals surface area contributed by atoms with Crippen molar-refractivity contribution in [1.29, 1.82) is 0 Å². The third-order valence-corrected chi connectivity index (χ3v) is 2.10. The van der Waals surface area contributed by atoms with Gasteiger partial charge in [0, 0.05) is 6.04 Å². The van der Waals surface area contributed by atoms with Gasteiger partial charge in [-0.25, -0.2) is 0 Å². The first-order valence-corrected chi connectivity index (χ1v) is 3.54. The zero-order valence-electron chi connectivity index (χ0n) is 6.09. The van der Waals surface area contributed by atoms with Gasteiger partial charge < -0.3 is 10.8 Å². The Hall–Kier alpha value is -0.0800. The van der Waals surface area contributed by atoms with E-state index in [1.807, 2.05) is 13.8 Å². The fourth-order valence-electron chi connectivity index (χ4n) is 1.08. The predicted molar refractivity (Wildman–Crippen MR) is 37.0 cm³/mol. The minimum absolute atomic E-state index is 0.0162. The quantitative estimate of drug-likeness (QED) is 0.570. The smallest absolute Gasteiger partial charge is 0.0802 e. The fraction of sp³-hybridized carbons (Fsp3) is 1.00. The number of rotatable bonds is 2. The zero-order valence-corrected chi connectivity index (χ0v) is 6.09. The molecule has 3 N–H and O–H groups in total. The molecule has 2 nitrogen and oxygen atoms in total. The minimum Gasteiger partial charge on any atom is -0.388 e. The van der Waals surface area contributed by atoms with Crippen molar-refractivity contribution in [2.75, 3.05) is 0 Å². The van der Waals surface area contributed by atoms with E-state index in [9.17, 15) is 5.11 Å². The first-order chi connectivity index (χ1) is 4.06. The molecular formula is C7H15NO. The molecule has 0 saturated heterocycles. The van der Waals surface area contributed by atoms with Crippen LogP contribution in [-0.2, 0) is 0 Å². The first kappa shape index (κ1) is 7.03. The lowest BCUT2D eigenvalue weighted by molar-refractivity contribution is 0.100. The summed E-state index contributed by atoms with van der Waals surface area (Å²) >= 11 is 0. The maximum atomic E-state index is 9.44. The van der Waals surface area contributed by atoms with E-state index >= 15 is 0 Å². The highest BCUT2D eigenvalue weighted by Crippen LogP contribution is 2.39. The molecule has 2 heteroatoms. The van der Waals surface area contributed by atoms with Gasteiger partial charge in [0.2, 0.25) is 0 Å². The topological polar surface area (TPSA) is 46.2 Å². The van der Waals surface area contributed by atoms with Crippen LogP contribution in [0.4, 0.5) is 0 Å². The van der Waals surface area contributed by atoms with Gasteiger partial charge in [0.05, 0.1) is 5.60 Å². The molecule has 9 heavy (non-hydrogen) atoms. The van der Waals surface area contributed by atoms with Crippen LogP contribution >= 0.6 is 0 Å². The third kappa shape index (κ3) is 1.25. The van der Waals surface area contributed by atoms with Gasteiger partial charge in [0.1, 0.15) is 0 Å². The third-order valence-electron chi connectivity index (χ3n) is 2.10. The lowest BCUT2D eigenvalue weighted by atomic mass is 9.98. The molecule has 1 aliphatic rings. The molecule has 0 aromatic rings. The largest absolute Gasteiger partial charge is 0.388 e. The van der Waals surface area contributed by atoms with Crippen LogP contribution in [0.1, 0.15) is 26.7 Å². The molecule has 1 atom stereocenters. The second-order valence-corrected chi connectivity index (χ2v) is 3.37. The second kappa shape index (κ2) is 1.96. The Labute approximate surface area is 56.1 Å². The van der Waals surface area contributed by atoms with Crippen molar-refractivity contribution in [2.45, 2.75) is 38.3 Å². The van der Waals surface area contributed by atoms with Gasteiger partial charge in [-0.15, -0.1) is 0 Å². The van der Waals surface area contributed by atoms with Gasteiger partial charge in [0.15, 0.2) is 0 Å². The average molecular weight is 129 g/mol. The lowest BCUT2D eigenvalue weighted by Crippen LogP contribution is -2.40. The van der Waals surface area contributed by atoms with Gasteiger partial charge in [-0.1, -0.05) is 13.8 Å². The predicted octanol–water partition coefficient (Wildman–Crippen LogP) is 0.495. The van der Waals surface area contributed by atoms with Gasteiger partial charge in [-0.2, -0.15) is 0 Å². The van der Waals surface area contributed by atoms with Crippen LogP contribution in [0.5, 0.6) is 0 Å². The maximum absolute atomic E-state index is 9.44. The molecule has 0 aromatic heterocycles. The van der Waals surface area contributed by atoms with E-state index in [-0.39, 0.29) is 6.04 Å². The van der Waals surface area contributed by atoms with Crippen LogP contribution in [0.15, 0.2) is 0 Å². The molecule has 1 saturated carbocycles. The molecule has 0 spiro atoms. The molecule has 0 amide bonds. The summed E-state index contributed by atoms with van der Waals surface area (Å²) in [7, 11) is 0. The summed E-state index contributed by atoms with van der Waals surface area (Å²) in [6.45, 7) is 4.09. The summed E-state index contributed by atoms with van der Waals surface area (Å²) in [4.78, 5) is 0. The van der Waals surface area contributed by atoms with Crippen LogP contribution in [0.25, 0.3) is 0 Å². The Bertz CT molecular complexity index is 107. The van der Waals surface area contributed by atoms with Gasteiger partial charge in [-0.3, -0.25) is 0 Å². The maximum Gasteiger partial charge on any atom is 0.0802 e. The van der Waals surface area contributed by atoms with Crippen LogP contribution in [0.2, 0.25) is 0 Å². The number of aliphatic hydroxyl groups is 1. The van der Waals surface area contributed by atoms with E-state index in [4.69, 9.17) is 5.73 Å². The number of nitrogens with two attached hydrogens (primary N) is 1. The van der Waals surface area contributed by atoms with E-state index in [1.54, 1.807) is 0 Å². The van der Waals surface area contributed by atoms with E-state index in [0.717, 1.165) is 12.8 Å². The van der Waals surface area contributed by atoms with Crippen LogP contribution in [0.3, 0.4) is 0 Å². The van der Waals surface area contributed by atoms with Gasteiger partial charge in [-0.05, 0) is 18.8 Å². The van der Waals surface area contributed by atoms with Crippen LogP contribution in [0, 0.1) is 5.92 Å². The molecule has 0 unspecified atom stereocenters. The molecule has 0 radical (unpaired) electrons. The lowest BCUT2D eigenvalue weighted by Gasteiger charge is -2.20. The number of hydrogen-bond donors (Lipinski definition) is 2.